The van der Waals surface area contributed by atoms with E-state index in [2.05, 4.69) is 20.9 Å². The summed E-state index contributed by atoms with van der Waals surface area (Å²) in [4.78, 5) is 16.7. The Balaban J connectivity index is 0.00000169. The van der Waals surface area contributed by atoms with Gasteiger partial charge in [-0.3, -0.25) is 4.79 Å². The number of benzene rings is 2. The summed E-state index contributed by atoms with van der Waals surface area (Å²) in [7, 11) is 2.03. The molecule has 0 saturated heterocycles. The van der Waals surface area contributed by atoms with Gasteiger partial charge in [-0.25, -0.2) is 4.98 Å². The van der Waals surface area contributed by atoms with Crippen LogP contribution in [-0.4, -0.2) is 22.0 Å². The Morgan fingerprint density at radius 2 is 1.81 bits per heavy atom. The van der Waals surface area contributed by atoms with Gasteiger partial charge in [-0.15, -0.1) is 24.8 Å². The number of halogens is 2. The van der Waals surface area contributed by atoms with Crippen LogP contribution in [0.5, 0.6) is 0 Å². The molecular formula is C19H24Cl2N4O. The van der Waals surface area contributed by atoms with Crippen LogP contribution in [0.25, 0.3) is 11.0 Å². The lowest BCUT2D eigenvalue weighted by atomic mass is 10.1. The highest BCUT2D eigenvalue weighted by molar-refractivity contribution is 5.94. The second kappa shape index (κ2) is 10.2. The maximum absolute atomic E-state index is 12.1. The van der Waals surface area contributed by atoms with Gasteiger partial charge in [0.15, 0.2) is 0 Å². The minimum atomic E-state index is -0.0522. The van der Waals surface area contributed by atoms with Crippen LogP contribution >= 0.6 is 24.8 Å². The fourth-order valence-corrected chi connectivity index (χ4v) is 2.76. The Labute approximate surface area is 165 Å². The molecule has 3 rings (SSSR count). The minimum absolute atomic E-state index is 0. The van der Waals surface area contributed by atoms with Crippen molar-refractivity contribution in [2.24, 2.45) is 12.8 Å². The summed E-state index contributed by atoms with van der Waals surface area (Å²) in [6, 6.07) is 15.5. The number of nitrogens with zero attached hydrogens (tertiary/aromatic N) is 2. The highest BCUT2D eigenvalue weighted by atomic mass is 35.5. The zero-order valence-electron chi connectivity index (χ0n) is 14.6. The summed E-state index contributed by atoms with van der Waals surface area (Å²) in [6.45, 7) is 1.11. The van der Waals surface area contributed by atoms with Gasteiger partial charge in [-0.1, -0.05) is 24.3 Å². The van der Waals surface area contributed by atoms with Gasteiger partial charge in [0.25, 0.3) is 5.91 Å². The van der Waals surface area contributed by atoms with E-state index in [9.17, 15) is 4.79 Å². The second-order valence-electron chi connectivity index (χ2n) is 5.84. The van der Waals surface area contributed by atoms with Gasteiger partial charge >= 0.3 is 0 Å². The predicted molar refractivity (Wildman–Crippen MR) is 110 cm³/mol. The number of aryl methyl sites for hydroxylation is 2. The number of hydrogen-bond donors (Lipinski definition) is 2. The largest absolute Gasteiger partial charge is 0.352 e. The van der Waals surface area contributed by atoms with Crippen LogP contribution < -0.4 is 11.1 Å². The van der Waals surface area contributed by atoms with Crippen molar-refractivity contribution in [2.45, 2.75) is 19.4 Å². The van der Waals surface area contributed by atoms with Crippen molar-refractivity contribution in [3.05, 3.63) is 65.5 Å². The molecule has 1 aromatic heterocycles. The number of carbonyl (C=O) groups excluding carboxylic acids is 1. The van der Waals surface area contributed by atoms with Crippen molar-refractivity contribution in [2.75, 3.05) is 6.54 Å². The lowest BCUT2D eigenvalue weighted by Gasteiger charge is -2.06. The van der Waals surface area contributed by atoms with E-state index in [1.165, 1.54) is 0 Å². The monoisotopic (exact) mass is 394 g/mol. The summed E-state index contributed by atoms with van der Waals surface area (Å²) in [5, 5.41) is 2.95. The zero-order valence-corrected chi connectivity index (χ0v) is 16.3. The summed E-state index contributed by atoms with van der Waals surface area (Å²) in [5.41, 5.74) is 9.39. The molecule has 7 heteroatoms. The first-order chi connectivity index (χ1) is 11.7. The van der Waals surface area contributed by atoms with Gasteiger partial charge in [-0.05, 0) is 36.2 Å². The van der Waals surface area contributed by atoms with Crippen molar-refractivity contribution in [3.63, 3.8) is 0 Å². The van der Waals surface area contributed by atoms with Crippen LogP contribution in [0.3, 0.4) is 0 Å². The molecule has 0 atom stereocenters. The molecule has 0 saturated carbocycles. The molecule has 140 valence electrons. The number of hydrogen-bond acceptors (Lipinski definition) is 3. The van der Waals surface area contributed by atoms with E-state index in [0.717, 1.165) is 35.3 Å². The fraction of sp³-hybridized carbons (Fsp3) is 0.263. The third-order valence-electron chi connectivity index (χ3n) is 4.19. The standard InChI is InChI=1S/C19H22N4O.2ClH/c1-23-17-6-3-2-5-16(17)22-18(23)7-4-12-21-19(24)15-10-8-14(13-20)9-11-15;;/h2-3,5-6,8-11H,4,7,12-13,20H2,1H3,(H,21,24);2*1H. The number of para-hydroxylation sites is 2. The number of rotatable bonds is 6. The van der Waals surface area contributed by atoms with E-state index in [-0.39, 0.29) is 30.7 Å². The lowest BCUT2D eigenvalue weighted by molar-refractivity contribution is 0.0953. The van der Waals surface area contributed by atoms with E-state index < -0.39 is 0 Å². The highest BCUT2D eigenvalue weighted by Gasteiger charge is 2.08. The maximum atomic E-state index is 12.1. The number of carbonyl (C=O) groups is 1. The third kappa shape index (κ3) is 4.97. The zero-order chi connectivity index (χ0) is 16.9. The van der Waals surface area contributed by atoms with Gasteiger partial charge in [-0.2, -0.15) is 0 Å². The molecule has 0 aliphatic carbocycles. The molecule has 0 unspecified atom stereocenters. The number of fused-ring (bicyclic) bond motifs is 1. The second-order valence-corrected chi connectivity index (χ2v) is 5.84. The van der Waals surface area contributed by atoms with Gasteiger partial charge in [0.05, 0.1) is 11.0 Å². The molecule has 0 radical (unpaired) electrons. The minimum Gasteiger partial charge on any atom is -0.352 e. The molecule has 0 spiro atoms. The first-order valence-corrected chi connectivity index (χ1v) is 8.16. The number of aromatic nitrogens is 2. The van der Waals surface area contributed by atoms with E-state index in [4.69, 9.17) is 5.73 Å². The molecule has 0 bridgehead atoms. The SMILES string of the molecule is Cl.Cl.Cn1c(CCCNC(=O)c2ccc(CN)cc2)nc2ccccc21. The molecule has 2 aromatic carbocycles. The van der Waals surface area contributed by atoms with Gasteiger partial charge in [0.1, 0.15) is 5.82 Å². The van der Waals surface area contributed by atoms with Crippen molar-refractivity contribution in [1.82, 2.24) is 14.9 Å². The number of nitrogens with one attached hydrogen (secondary N) is 1. The molecule has 3 N–H and O–H groups in total. The van der Waals surface area contributed by atoms with Crippen LogP contribution in [0.4, 0.5) is 0 Å². The average Bonchev–Trinajstić information content (AvgIpc) is 2.95. The molecule has 5 nitrogen and oxygen atoms in total. The van der Waals surface area contributed by atoms with Crippen molar-refractivity contribution in [3.8, 4) is 0 Å². The van der Waals surface area contributed by atoms with Gasteiger partial charge < -0.3 is 15.6 Å². The predicted octanol–water partition coefficient (Wildman–Crippen LogP) is 3.24. The van der Waals surface area contributed by atoms with Crippen molar-refractivity contribution < 1.29 is 4.79 Å². The smallest absolute Gasteiger partial charge is 0.251 e. The number of amides is 1. The third-order valence-corrected chi connectivity index (χ3v) is 4.19. The Morgan fingerprint density at radius 3 is 2.46 bits per heavy atom. The first kappa shape index (κ1) is 22.0. The summed E-state index contributed by atoms with van der Waals surface area (Å²) < 4.78 is 2.11. The molecule has 1 amide bonds. The van der Waals surface area contributed by atoms with Crippen LogP contribution in [0, 0.1) is 0 Å². The normalized spacial score (nSPS) is 10.1. The van der Waals surface area contributed by atoms with E-state index in [1.807, 2.05) is 49.5 Å². The topological polar surface area (TPSA) is 72.9 Å². The fourth-order valence-electron chi connectivity index (χ4n) is 2.76. The number of imidazole rings is 1. The Hall–Kier alpha value is -2.08. The van der Waals surface area contributed by atoms with Crippen molar-refractivity contribution >= 4 is 41.8 Å². The van der Waals surface area contributed by atoms with Crippen LogP contribution in [-0.2, 0) is 20.0 Å². The van der Waals surface area contributed by atoms with Crippen LogP contribution in [0.2, 0.25) is 0 Å². The highest BCUT2D eigenvalue weighted by Crippen LogP contribution is 2.15. The van der Waals surface area contributed by atoms with Crippen LogP contribution in [0.1, 0.15) is 28.2 Å². The van der Waals surface area contributed by atoms with Gasteiger partial charge in [0.2, 0.25) is 0 Å². The Morgan fingerprint density at radius 1 is 1.12 bits per heavy atom. The van der Waals surface area contributed by atoms with Crippen molar-refractivity contribution in [1.29, 1.82) is 0 Å². The van der Waals surface area contributed by atoms with Crippen LogP contribution in [0.15, 0.2) is 48.5 Å². The molecule has 0 fully saturated rings. The Bertz CT molecular complexity index is 846. The quantitative estimate of drug-likeness (QED) is 0.630. The number of nitrogens with two attached hydrogens (primary N) is 1. The molecular weight excluding hydrogens is 371 g/mol. The molecule has 0 aliphatic heterocycles. The summed E-state index contributed by atoms with van der Waals surface area (Å²) in [5.74, 6) is 0.987. The maximum Gasteiger partial charge on any atom is 0.251 e. The first-order valence-electron chi connectivity index (χ1n) is 8.16. The molecule has 0 aliphatic rings. The Kier molecular flexibility index (Phi) is 8.58. The van der Waals surface area contributed by atoms with E-state index in [1.54, 1.807) is 0 Å². The van der Waals surface area contributed by atoms with E-state index >= 15 is 0 Å². The molecule has 26 heavy (non-hydrogen) atoms. The summed E-state index contributed by atoms with van der Waals surface area (Å²) in [6.07, 6.45) is 1.68. The molecule has 1 heterocycles. The van der Waals surface area contributed by atoms with Gasteiger partial charge in [0, 0.05) is 32.1 Å². The molecule has 3 aromatic rings. The van der Waals surface area contributed by atoms with E-state index in [0.29, 0.717) is 18.7 Å². The lowest BCUT2D eigenvalue weighted by Crippen LogP contribution is -2.25. The summed E-state index contributed by atoms with van der Waals surface area (Å²) >= 11 is 0. The average molecular weight is 395 g/mol.